The van der Waals surface area contributed by atoms with E-state index in [1.54, 1.807) is 36.4 Å². The number of rotatable bonds is 7. The third-order valence-corrected chi connectivity index (χ3v) is 6.91. The number of amides is 1. The molecular weight excluding hydrogens is 515 g/mol. The number of aliphatic imine (C=N–C) groups is 1. The Morgan fingerprint density at radius 2 is 1.57 bits per heavy atom. The Hall–Kier alpha value is -4.43. The number of anilines is 1. The Kier molecular flexibility index (Phi) is 7.98. The molecule has 0 saturated heterocycles. The first-order chi connectivity index (χ1) is 19.2. The van der Waals surface area contributed by atoms with Crippen molar-refractivity contribution in [3.05, 3.63) is 125 Å². The molecule has 1 amide bonds. The van der Waals surface area contributed by atoms with Crippen molar-refractivity contribution in [1.29, 1.82) is 0 Å². The van der Waals surface area contributed by atoms with Crippen LogP contribution >= 0.6 is 0 Å². The number of amidine groups is 1. The van der Waals surface area contributed by atoms with E-state index in [9.17, 15) is 23.1 Å². The van der Waals surface area contributed by atoms with Gasteiger partial charge in [0.1, 0.15) is 17.5 Å². The summed E-state index contributed by atoms with van der Waals surface area (Å²) in [6.07, 6.45) is 0.313. The third kappa shape index (κ3) is 6.40. The molecule has 5 nitrogen and oxygen atoms in total. The zero-order valence-electron chi connectivity index (χ0n) is 21.8. The van der Waals surface area contributed by atoms with Gasteiger partial charge in [0, 0.05) is 30.3 Å². The van der Waals surface area contributed by atoms with Crippen LogP contribution in [0.25, 0.3) is 11.1 Å². The van der Waals surface area contributed by atoms with Crippen LogP contribution in [0.2, 0.25) is 0 Å². The highest BCUT2D eigenvalue weighted by Crippen LogP contribution is 2.34. The van der Waals surface area contributed by atoms with E-state index < -0.39 is 23.8 Å². The minimum absolute atomic E-state index is 0.266. The number of aliphatic hydroxyl groups is 1. The van der Waals surface area contributed by atoms with Crippen molar-refractivity contribution in [3.8, 4) is 11.1 Å². The molecule has 0 aromatic heterocycles. The Morgan fingerprint density at radius 1 is 0.875 bits per heavy atom. The maximum atomic E-state index is 13.6. The fraction of sp³-hybridized carbons (Fsp3) is 0.188. The smallest absolute Gasteiger partial charge is 0.251 e. The number of halogens is 3. The SMILES string of the molecule is CC(=NCCc1ccc(F)cc1)Nc1ccc2c(c1)[C@@H](NC(=O)c1ccc(-c3cc(F)cc(F)c3)cc1)[C@H](O)C2. The molecule has 5 rings (SSSR count). The summed E-state index contributed by atoms with van der Waals surface area (Å²) in [5.74, 6) is -1.28. The molecule has 0 radical (unpaired) electrons. The number of benzene rings is 4. The fourth-order valence-electron chi connectivity index (χ4n) is 4.88. The van der Waals surface area contributed by atoms with E-state index >= 15 is 0 Å². The second kappa shape index (κ2) is 11.8. The molecule has 204 valence electrons. The van der Waals surface area contributed by atoms with Crippen molar-refractivity contribution in [3.63, 3.8) is 0 Å². The minimum atomic E-state index is -0.783. The average Bonchev–Trinajstić information content (AvgIpc) is 3.23. The molecule has 8 heteroatoms. The molecule has 0 saturated carbocycles. The number of carbonyl (C=O) groups excluding carboxylic acids is 1. The van der Waals surface area contributed by atoms with Crippen molar-refractivity contribution < 1.29 is 23.1 Å². The van der Waals surface area contributed by atoms with Gasteiger partial charge in [-0.1, -0.05) is 30.3 Å². The number of hydrogen-bond donors (Lipinski definition) is 3. The van der Waals surface area contributed by atoms with Crippen LogP contribution in [0.5, 0.6) is 0 Å². The van der Waals surface area contributed by atoms with Crippen molar-refractivity contribution in [1.82, 2.24) is 5.32 Å². The van der Waals surface area contributed by atoms with Gasteiger partial charge in [-0.3, -0.25) is 9.79 Å². The Labute approximate surface area is 230 Å². The van der Waals surface area contributed by atoms with E-state index in [-0.39, 0.29) is 11.7 Å². The van der Waals surface area contributed by atoms with Gasteiger partial charge in [0.15, 0.2) is 0 Å². The molecule has 1 aliphatic rings. The highest BCUT2D eigenvalue weighted by atomic mass is 19.1. The molecule has 2 atom stereocenters. The van der Waals surface area contributed by atoms with Gasteiger partial charge in [-0.2, -0.15) is 0 Å². The Balaban J connectivity index is 1.24. The van der Waals surface area contributed by atoms with Crippen LogP contribution in [-0.2, 0) is 12.8 Å². The van der Waals surface area contributed by atoms with Crippen LogP contribution in [0.1, 0.15) is 40.0 Å². The summed E-state index contributed by atoms with van der Waals surface area (Å²) in [6.45, 7) is 2.40. The molecule has 0 bridgehead atoms. The standard InChI is InChI=1S/C32H28F3N3O2/c1-19(36-13-12-20-2-9-25(33)10-3-20)37-28-11-8-23-16-30(39)31(29(23)18-28)38-32(40)22-6-4-21(5-7-22)24-14-26(34)17-27(35)15-24/h2-11,14-15,17-18,30-31,39H,12-13,16H2,1H3,(H,36,37)(H,38,40)/t30-,31-/m1/s1. The number of nitrogens with one attached hydrogen (secondary N) is 2. The first kappa shape index (κ1) is 27.1. The lowest BCUT2D eigenvalue weighted by Gasteiger charge is -2.19. The van der Waals surface area contributed by atoms with Crippen LogP contribution in [-0.4, -0.2) is 29.5 Å². The van der Waals surface area contributed by atoms with Crippen LogP contribution in [0.15, 0.2) is 89.9 Å². The molecule has 4 aromatic carbocycles. The molecule has 0 unspecified atom stereocenters. The Morgan fingerprint density at radius 3 is 2.27 bits per heavy atom. The third-order valence-electron chi connectivity index (χ3n) is 6.91. The molecule has 4 aromatic rings. The molecule has 3 N–H and O–H groups in total. The van der Waals surface area contributed by atoms with Gasteiger partial charge in [-0.05, 0) is 89.7 Å². The van der Waals surface area contributed by atoms with Crippen LogP contribution < -0.4 is 10.6 Å². The lowest BCUT2D eigenvalue weighted by Crippen LogP contribution is -2.33. The first-order valence-electron chi connectivity index (χ1n) is 13.0. The predicted molar refractivity (Wildman–Crippen MR) is 150 cm³/mol. The van der Waals surface area contributed by atoms with Crippen LogP contribution in [0.4, 0.5) is 18.9 Å². The largest absolute Gasteiger partial charge is 0.390 e. The molecule has 0 heterocycles. The van der Waals surface area contributed by atoms with Crippen molar-refractivity contribution in [2.45, 2.75) is 31.9 Å². The lowest BCUT2D eigenvalue weighted by atomic mass is 10.0. The number of carbonyl (C=O) groups is 1. The molecule has 0 fully saturated rings. The molecule has 40 heavy (non-hydrogen) atoms. The summed E-state index contributed by atoms with van der Waals surface area (Å²) in [5, 5.41) is 16.9. The summed E-state index contributed by atoms with van der Waals surface area (Å²) < 4.78 is 40.3. The quantitative estimate of drug-likeness (QED) is 0.191. The van der Waals surface area contributed by atoms with Gasteiger partial charge in [0.2, 0.25) is 0 Å². The van der Waals surface area contributed by atoms with Gasteiger partial charge in [0.05, 0.1) is 18.0 Å². The van der Waals surface area contributed by atoms with Crippen LogP contribution in [0, 0.1) is 17.5 Å². The van der Waals surface area contributed by atoms with Gasteiger partial charge < -0.3 is 15.7 Å². The van der Waals surface area contributed by atoms with Crippen molar-refractivity contribution >= 4 is 17.4 Å². The van der Waals surface area contributed by atoms with Gasteiger partial charge in [-0.25, -0.2) is 13.2 Å². The predicted octanol–water partition coefficient (Wildman–Crippen LogP) is 6.23. The fourth-order valence-corrected chi connectivity index (χ4v) is 4.88. The maximum absolute atomic E-state index is 13.6. The monoisotopic (exact) mass is 543 g/mol. The second-order valence-electron chi connectivity index (χ2n) is 9.84. The van der Waals surface area contributed by atoms with E-state index in [2.05, 4.69) is 15.6 Å². The van der Waals surface area contributed by atoms with E-state index in [0.717, 1.165) is 28.4 Å². The molecular formula is C32H28F3N3O2. The number of nitrogens with zero attached hydrogens (tertiary/aromatic N) is 1. The highest BCUT2D eigenvalue weighted by molar-refractivity contribution is 5.95. The van der Waals surface area contributed by atoms with E-state index in [0.29, 0.717) is 41.9 Å². The number of hydrogen-bond acceptors (Lipinski definition) is 3. The molecule has 1 aliphatic carbocycles. The number of fused-ring (bicyclic) bond motifs is 1. The van der Waals surface area contributed by atoms with Gasteiger partial charge in [0.25, 0.3) is 5.91 Å². The zero-order valence-corrected chi connectivity index (χ0v) is 21.8. The molecule has 0 aliphatic heterocycles. The van der Waals surface area contributed by atoms with E-state index in [1.165, 1.54) is 24.3 Å². The molecule has 0 spiro atoms. The average molecular weight is 544 g/mol. The summed E-state index contributed by atoms with van der Waals surface area (Å²) in [7, 11) is 0. The highest BCUT2D eigenvalue weighted by Gasteiger charge is 2.32. The second-order valence-corrected chi connectivity index (χ2v) is 9.84. The minimum Gasteiger partial charge on any atom is -0.390 e. The normalized spacial score (nSPS) is 16.5. The van der Waals surface area contributed by atoms with Crippen molar-refractivity contribution in [2.24, 2.45) is 4.99 Å². The number of aliphatic hydroxyl groups excluding tert-OH is 1. The Bertz CT molecular complexity index is 1530. The van der Waals surface area contributed by atoms with Gasteiger partial charge in [-0.15, -0.1) is 0 Å². The zero-order chi connectivity index (χ0) is 28.2. The summed E-state index contributed by atoms with van der Waals surface area (Å²) in [4.78, 5) is 17.6. The summed E-state index contributed by atoms with van der Waals surface area (Å²) >= 11 is 0. The maximum Gasteiger partial charge on any atom is 0.251 e. The van der Waals surface area contributed by atoms with Crippen molar-refractivity contribution in [2.75, 3.05) is 11.9 Å². The van der Waals surface area contributed by atoms with E-state index in [4.69, 9.17) is 0 Å². The lowest BCUT2D eigenvalue weighted by molar-refractivity contribution is 0.0858. The first-order valence-corrected chi connectivity index (χ1v) is 13.0. The topological polar surface area (TPSA) is 73.7 Å². The summed E-state index contributed by atoms with van der Waals surface area (Å²) in [6, 6.07) is 21.2. The van der Waals surface area contributed by atoms with Crippen LogP contribution in [0.3, 0.4) is 0 Å². The summed E-state index contributed by atoms with van der Waals surface area (Å²) in [5.41, 5.74) is 4.85. The van der Waals surface area contributed by atoms with Gasteiger partial charge >= 0.3 is 0 Å². The van der Waals surface area contributed by atoms with E-state index in [1.807, 2.05) is 25.1 Å².